The van der Waals surface area contributed by atoms with Gasteiger partial charge < -0.3 is 30.4 Å². The highest BCUT2D eigenvalue weighted by atomic mass is 19.1. The average Bonchev–Trinajstić information content (AvgIpc) is 3.06. The zero-order valence-corrected chi connectivity index (χ0v) is 25.4. The summed E-state index contributed by atoms with van der Waals surface area (Å²) >= 11 is 0. The summed E-state index contributed by atoms with van der Waals surface area (Å²) in [6, 6.07) is 16.1. The molecule has 1 aromatic heterocycles. The first kappa shape index (κ1) is 31.3. The van der Waals surface area contributed by atoms with Crippen LogP contribution in [0.15, 0.2) is 71.5 Å². The van der Waals surface area contributed by atoms with Gasteiger partial charge in [-0.2, -0.15) is 0 Å². The summed E-state index contributed by atoms with van der Waals surface area (Å²) in [6.45, 7) is 3.55. The fraction of sp³-hybridized carbons (Fsp3) is 0.312. The predicted octanol–water partition coefficient (Wildman–Crippen LogP) is 3.48. The van der Waals surface area contributed by atoms with Crippen LogP contribution < -0.4 is 36.0 Å². The van der Waals surface area contributed by atoms with Crippen molar-refractivity contribution in [1.82, 2.24) is 14.6 Å². The molecule has 45 heavy (non-hydrogen) atoms. The number of rotatable bonds is 9. The lowest BCUT2D eigenvalue weighted by atomic mass is 10.1. The van der Waals surface area contributed by atoms with Crippen molar-refractivity contribution >= 4 is 34.2 Å². The van der Waals surface area contributed by atoms with Gasteiger partial charge in [-0.3, -0.25) is 14.5 Å². The molecule has 1 atom stereocenters. The van der Waals surface area contributed by atoms with Crippen LogP contribution in [-0.4, -0.2) is 73.4 Å². The van der Waals surface area contributed by atoms with Crippen LogP contribution in [0.1, 0.15) is 25.2 Å². The van der Waals surface area contributed by atoms with E-state index in [0.29, 0.717) is 65.8 Å². The minimum atomic E-state index is -0.832. The maximum absolute atomic E-state index is 14.1. The van der Waals surface area contributed by atoms with Crippen LogP contribution in [0.2, 0.25) is 0 Å². The molecule has 236 valence electrons. The van der Waals surface area contributed by atoms with Gasteiger partial charge in [0.15, 0.2) is 5.82 Å². The summed E-state index contributed by atoms with van der Waals surface area (Å²) in [6.07, 6.45) is 0.252. The number of benzene rings is 3. The molecule has 0 spiro atoms. The summed E-state index contributed by atoms with van der Waals surface area (Å²) in [5.41, 5.74) is 6.52. The number of hydrogen-bond donors (Lipinski definition) is 2. The number of urea groups is 1. The highest BCUT2D eigenvalue weighted by Crippen LogP contribution is 2.37. The number of nitrogens with two attached hydrogens (primary N) is 1. The molecule has 3 amide bonds. The van der Waals surface area contributed by atoms with E-state index in [9.17, 15) is 18.8 Å². The van der Waals surface area contributed by atoms with Gasteiger partial charge in [-0.05, 0) is 55.5 Å². The van der Waals surface area contributed by atoms with Crippen LogP contribution in [0, 0.1) is 5.82 Å². The standard InChI is InChI=1S/C32H36FN7O5/c1-21(39(27-13-12-24(44-2)20-28(27)45-3)32(43)35-23-10-8-22(33)9-11-23)30-36-26-7-5-4-6-25(26)31(42)40(30)38-18-16-37(17-19-38)29(41)14-15-34/h4-13,20-21H,14-19,34H2,1-3H3,(H,35,43). The molecule has 3 N–H and O–H groups in total. The van der Waals surface area contributed by atoms with Crippen LogP contribution in [0.4, 0.5) is 20.6 Å². The molecule has 1 fully saturated rings. The van der Waals surface area contributed by atoms with E-state index in [1.165, 1.54) is 48.1 Å². The number of halogens is 1. The van der Waals surface area contributed by atoms with Gasteiger partial charge in [-0.1, -0.05) is 12.1 Å². The average molecular weight is 618 g/mol. The van der Waals surface area contributed by atoms with Crippen LogP contribution in [0.3, 0.4) is 0 Å². The Morgan fingerprint density at radius 2 is 1.73 bits per heavy atom. The molecule has 13 heteroatoms. The molecule has 0 aliphatic carbocycles. The number of hydrogen-bond acceptors (Lipinski definition) is 8. The second-order valence-electron chi connectivity index (χ2n) is 10.5. The first-order valence-electron chi connectivity index (χ1n) is 14.6. The summed E-state index contributed by atoms with van der Waals surface area (Å²) in [5.74, 6) is 0.684. The van der Waals surface area contributed by atoms with Gasteiger partial charge in [0.05, 0.1) is 49.9 Å². The van der Waals surface area contributed by atoms with Crippen LogP contribution in [0.25, 0.3) is 10.9 Å². The summed E-state index contributed by atoms with van der Waals surface area (Å²) in [4.78, 5) is 48.8. The molecule has 1 unspecified atom stereocenters. The number of piperazine rings is 1. The van der Waals surface area contributed by atoms with Gasteiger partial charge in [-0.15, -0.1) is 0 Å². The molecule has 5 rings (SSSR count). The van der Waals surface area contributed by atoms with Gasteiger partial charge in [-0.25, -0.2) is 18.8 Å². The lowest BCUT2D eigenvalue weighted by Gasteiger charge is -2.39. The number of carbonyl (C=O) groups excluding carboxylic acids is 2. The predicted molar refractivity (Wildman–Crippen MR) is 170 cm³/mol. The first-order valence-corrected chi connectivity index (χ1v) is 14.6. The summed E-state index contributed by atoms with van der Waals surface area (Å²) < 4.78 is 26.2. The molecule has 0 saturated carbocycles. The third kappa shape index (κ3) is 6.53. The number of amides is 3. The van der Waals surface area contributed by atoms with Gasteiger partial charge in [0.1, 0.15) is 17.3 Å². The van der Waals surface area contributed by atoms with Gasteiger partial charge in [0, 0.05) is 37.8 Å². The number of methoxy groups -OCH3 is 2. The first-order chi connectivity index (χ1) is 21.7. The highest BCUT2D eigenvalue weighted by molar-refractivity contribution is 6.03. The number of ether oxygens (including phenoxy) is 2. The van der Waals surface area contributed by atoms with Crippen LogP contribution in [0.5, 0.6) is 11.5 Å². The number of para-hydroxylation sites is 1. The molecular formula is C32H36FN7O5. The fourth-order valence-corrected chi connectivity index (χ4v) is 5.42. The van der Waals surface area contributed by atoms with Crippen molar-refractivity contribution in [3.63, 3.8) is 0 Å². The normalized spacial score (nSPS) is 13.8. The van der Waals surface area contributed by atoms with E-state index in [0.717, 1.165) is 0 Å². The zero-order valence-electron chi connectivity index (χ0n) is 25.4. The number of anilines is 2. The minimum Gasteiger partial charge on any atom is -0.497 e. The Labute approximate surface area is 259 Å². The maximum Gasteiger partial charge on any atom is 0.327 e. The lowest BCUT2D eigenvalue weighted by molar-refractivity contribution is -0.131. The SMILES string of the molecule is COc1ccc(N(C(=O)Nc2ccc(F)cc2)C(C)c2nc3ccccc3c(=O)n2N2CCN(C(=O)CCN)CC2)c(OC)c1. The number of nitrogens with zero attached hydrogens (tertiary/aromatic N) is 5. The monoisotopic (exact) mass is 617 g/mol. The van der Waals surface area contributed by atoms with Crippen molar-refractivity contribution in [2.45, 2.75) is 19.4 Å². The van der Waals surface area contributed by atoms with Crippen molar-refractivity contribution in [1.29, 1.82) is 0 Å². The Hall–Kier alpha value is -5.17. The molecule has 1 saturated heterocycles. The zero-order chi connectivity index (χ0) is 32.1. The Kier molecular flexibility index (Phi) is 9.48. The number of nitrogens with one attached hydrogen (secondary N) is 1. The topological polar surface area (TPSA) is 135 Å². The van der Waals surface area contributed by atoms with Crippen molar-refractivity contribution in [2.24, 2.45) is 5.73 Å². The van der Waals surface area contributed by atoms with Gasteiger partial charge in [0.2, 0.25) is 5.91 Å². The Morgan fingerprint density at radius 3 is 2.40 bits per heavy atom. The van der Waals surface area contributed by atoms with E-state index in [1.54, 1.807) is 54.3 Å². The van der Waals surface area contributed by atoms with Crippen molar-refractivity contribution < 1.29 is 23.5 Å². The molecule has 0 radical (unpaired) electrons. The second kappa shape index (κ2) is 13.6. The Bertz CT molecular complexity index is 1740. The smallest absolute Gasteiger partial charge is 0.327 e. The molecular weight excluding hydrogens is 581 g/mol. The Morgan fingerprint density at radius 1 is 1.02 bits per heavy atom. The maximum atomic E-state index is 14.1. The fourth-order valence-electron chi connectivity index (χ4n) is 5.42. The number of aromatic nitrogens is 2. The quantitative estimate of drug-likeness (QED) is 0.292. The molecule has 1 aliphatic heterocycles. The summed E-state index contributed by atoms with van der Waals surface area (Å²) in [7, 11) is 3.01. The molecule has 4 aromatic rings. The number of fused-ring (bicyclic) bond motifs is 1. The van der Waals surface area contributed by atoms with Crippen molar-refractivity contribution in [3.8, 4) is 11.5 Å². The van der Waals surface area contributed by atoms with E-state index in [4.69, 9.17) is 20.2 Å². The molecule has 0 bridgehead atoms. The third-order valence-electron chi connectivity index (χ3n) is 7.75. The molecule has 12 nitrogen and oxygen atoms in total. The van der Waals surface area contributed by atoms with Crippen molar-refractivity contribution in [2.75, 3.05) is 62.2 Å². The van der Waals surface area contributed by atoms with E-state index in [2.05, 4.69) is 5.32 Å². The summed E-state index contributed by atoms with van der Waals surface area (Å²) in [5, 5.41) is 5.09. The Balaban J connectivity index is 1.62. The molecule has 2 heterocycles. The highest BCUT2D eigenvalue weighted by Gasteiger charge is 2.33. The van der Waals surface area contributed by atoms with E-state index >= 15 is 0 Å². The largest absolute Gasteiger partial charge is 0.497 e. The van der Waals surface area contributed by atoms with Gasteiger partial charge in [0.25, 0.3) is 5.56 Å². The van der Waals surface area contributed by atoms with Crippen LogP contribution >= 0.6 is 0 Å². The van der Waals surface area contributed by atoms with E-state index in [1.807, 2.05) is 5.01 Å². The van der Waals surface area contributed by atoms with Crippen LogP contribution in [-0.2, 0) is 4.79 Å². The minimum absolute atomic E-state index is 0.0371. The van der Waals surface area contributed by atoms with Gasteiger partial charge >= 0.3 is 6.03 Å². The van der Waals surface area contributed by atoms with E-state index in [-0.39, 0.29) is 24.4 Å². The third-order valence-corrected chi connectivity index (χ3v) is 7.75. The van der Waals surface area contributed by atoms with E-state index < -0.39 is 17.9 Å². The second-order valence-corrected chi connectivity index (χ2v) is 10.5. The molecule has 3 aromatic carbocycles. The lowest BCUT2D eigenvalue weighted by Crippen LogP contribution is -2.57. The van der Waals surface area contributed by atoms with Crippen molar-refractivity contribution in [3.05, 3.63) is 88.7 Å². The molecule has 1 aliphatic rings. The number of carbonyl (C=O) groups is 2.